The van der Waals surface area contributed by atoms with Crippen molar-refractivity contribution in [1.29, 1.82) is 0 Å². The molecule has 19 heavy (non-hydrogen) atoms. The second-order valence-corrected chi connectivity index (χ2v) is 4.04. The monoisotopic (exact) mass is 279 g/mol. The molecule has 0 heterocycles. The van der Waals surface area contributed by atoms with E-state index in [0.717, 1.165) is 12.1 Å². The molecule has 1 aromatic rings. The molecule has 0 aliphatic carbocycles. The molecule has 0 saturated carbocycles. The van der Waals surface area contributed by atoms with Crippen LogP contribution in [0.25, 0.3) is 0 Å². The Hall–Kier alpha value is -1.14. The Labute approximate surface area is 109 Å². The Bertz CT molecular complexity index is 387. The normalized spacial score (nSPS) is 12.9. The van der Waals surface area contributed by atoms with Crippen LogP contribution < -0.4 is 5.32 Å². The highest BCUT2D eigenvalue weighted by molar-refractivity contribution is 5.21. The van der Waals surface area contributed by atoms with Gasteiger partial charge in [0.1, 0.15) is 6.61 Å². The highest BCUT2D eigenvalue weighted by Gasteiger charge is 2.13. The van der Waals surface area contributed by atoms with Crippen LogP contribution in [0.2, 0.25) is 0 Å². The average molecular weight is 279 g/mol. The van der Waals surface area contributed by atoms with Crippen molar-refractivity contribution in [3.05, 3.63) is 35.4 Å². The quantitative estimate of drug-likeness (QED) is 0.582. The summed E-state index contributed by atoms with van der Waals surface area (Å²) < 4.78 is 54.6. The molecule has 1 unspecified atom stereocenters. The van der Waals surface area contributed by atoms with Gasteiger partial charge in [-0.2, -0.15) is 0 Å². The molecule has 0 bridgehead atoms. The summed E-state index contributed by atoms with van der Waals surface area (Å²) in [6.07, 6.45) is -2.09. The molecule has 1 aromatic carbocycles. The molecule has 0 aliphatic heterocycles. The van der Waals surface area contributed by atoms with E-state index in [4.69, 9.17) is 4.74 Å². The van der Waals surface area contributed by atoms with Crippen molar-refractivity contribution in [2.24, 2.45) is 0 Å². The maximum atomic E-state index is 13.1. The van der Waals surface area contributed by atoms with Crippen molar-refractivity contribution in [1.82, 2.24) is 5.32 Å². The Morgan fingerprint density at radius 3 is 2.53 bits per heavy atom. The van der Waals surface area contributed by atoms with E-state index in [1.165, 1.54) is 6.07 Å². The van der Waals surface area contributed by atoms with Gasteiger partial charge < -0.3 is 10.1 Å². The first-order chi connectivity index (χ1) is 9.04. The molecule has 1 atom stereocenters. The van der Waals surface area contributed by atoms with E-state index in [9.17, 15) is 17.6 Å². The predicted octanol–water partition coefficient (Wildman–Crippen LogP) is 3.29. The van der Waals surface area contributed by atoms with Crippen LogP contribution in [0.4, 0.5) is 17.6 Å². The minimum Gasteiger partial charge on any atom is -0.375 e. The van der Waals surface area contributed by atoms with E-state index in [2.05, 4.69) is 5.32 Å². The zero-order chi connectivity index (χ0) is 14.3. The number of hydrogen-bond donors (Lipinski definition) is 1. The molecule has 0 radical (unpaired) electrons. The van der Waals surface area contributed by atoms with Gasteiger partial charge in [0.15, 0.2) is 11.6 Å². The summed E-state index contributed by atoms with van der Waals surface area (Å²) in [6.45, 7) is 2.00. The summed E-state index contributed by atoms with van der Waals surface area (Å²) in [4.78, 5) is 0. The van der Waals surface area contributed by atoms with Gasteiger partial charge >= 0.3 is 0 Å². The highest BCUT2D eigenvalue weighted by atomic mass is 19.3. The van der Waals surface area contributed by atoms with Crippen LogP contribution >= 0.6 is 0 Å². The van der Waals surface area contributed by atoms with Gasteiger partial charge in [0, 0.05) is 12.6 Å². The zero-order valence-electron chi connectivity index (χ0n) is 10.6. The number of alkyl halides is 2. The topological polar surface area (TPSA) is 21.3 Å². The van der Waals surface area contributed by atoms with E-state index in [-0.39, 0.29) is 12.6 Å². The third kappa shape index (κ3) is 5.57. The Morgan fingerprint density at radius 2 is 1.95 bits per heavy atom. The fourth-order valence-corrected chi connectivity index (χ4v) is 1.74. The van der Waals surface area contributed by atoms with E-state index in [1.54, 1.807) is 0 Å². The third-order valence-corrected chi connectivity index (χ3v) is 2.59. The number of halogens is 4. The fourth-order valence-electron chi connectivity index (χ4n) is 1.74. The first-order valence-corrected chi connectivity index (χ1v) is 6.08. The maximum absolute atomic E-state index is 13.1. The van der Waals surface area contributed by atoms with Gasteiger partial charge in [-0.25, -0.2) is 17.6 Å². The van der Waals surface area contributed by atoms with Crippen LogP contribution in [0.1, 0.15) is 24.9 Å². The second-order valence-electron chi connectivity index (χ2n) is 4.04. The lowest BCUT2D eigenvalue weighted by molar-refractivity contribution is 0.0144. The third-order valence-electron chi connectivity index (χ3n) is 2.59. The Balaban J connectivity index is 2.58. The smallest absolute Gasteiger partial charge is 0.261 e. The maximum Gasteiger partial charge on any atom is 0.261 e. The van der Waals surface area contributed by atoms with E-state index in [1.807, 2.05) is 6.92 Å². The summed E-state index contributed by atoms with van der Waals surface area (Å²) in [5.41, 5.74) is 0.571. The fraction of sp³-hybridized carbons (Fsp3) is 0.538. The molecule has 1 rings (SSSR count). The van der Waals surface area contributed by atoms with Crippen molar-refractivity contribution >= 4 is 0 Å². The van der Waals surface area contributed by atoms with Gasteiger partial charge in [-0.15, -0.1) is 0 Å². The minimum atomic E-state index is -2.50. The lowest BCUT2D eigenvalue weighted by atomic mass is 10.0. The molecule has 1 N–H and O–H groups in total. The molecule has 0 spiro atoms. The van der Waals surface area contributed by atoms with Gasteiger partial charge in [-0.3, -0.25) is 0 Å². The molecule has 0 amide bonds. The summed E-state index contributed by atoms with van der Waals surface area (Å²) in [7, 11) is 0. The van der Waals surface area contributed by atoms with Crippen molar-refractivity contribution in [3.8, 4) is 0 Å². The largest absolute Gasteiger partial charge is 0.375 e. The van der Waals surface area contributed by atoms with E-state index < -0.39 is 24.7 Å². The number of hydrogen-bond acceptors (Lipinski definition) is 2. The lowest BCUT2D eigenvalue weighted by Crippen LogP contribution is -2.23. The second kappa shape index (κ2) is 8.12. The Kier molecular flexibility index (Phi) is 6.80. The molecular formula is C13H17F4NO. The van der Waals surface area contributed by atoms with Crippen LogP contribution in [-0.4, -0.2) is 26.2 Å². The Morgan fingerprint density at radius 1 is 1.21 bits per heavy atom. The SMILES string of the molecule is CCNC(CCOCC(F)F)c1ccc(F)c(F)c1. The first-order valence-electron chi connectivity index (χ1n) is 6.08. The minimum absolute atomic E-state index is 0.126. The van der Waals surface area contributed by atoms with Crippen molar-refractivity contribution in [3.63, 3.8) is 0 Å². The van der Waals surface area contributed by atoms with Crippen molar-refractivity contribution < 1.29 is 22.3 Å². The zero-order valence-corrected chi connectivity index (χ0v) is 10.6. The van der Waals surface area contributed by atoms with Crippen molar-refractivity contribution in [2.45, 2.75) is 25.8 Å². The molecule has 0 saturated heterocycles. The predicted molar refractivity (Wildman–Crippen MR) is 64.2 cm³/mol. The molecule has 0 aromatic heterocycles. The highest BCUT2D eigenvalue weighted by Crippen LogP contribution is 2.19. The summed E-state index contributed by atoms with van der Waals surface area (Å²) in [6, 6.07) is 3.38. The van der Waals surface area contributed by atoms with Crippen LogP contribution in [-0.2, 0) is 4.74 Å². The van der Waals surface area contributed by atoms with Gasteiger partial charge in [0.25, 0.3) is 6.43 Å². The van der Waals surface area contributed by atoms with Gasteiger partial charge in [-0.05, 0) is 30.7 Å². The molecule has 2 nitrogen and oxygen atoms in total. The molecular weight excluding hydrogens is 262 g/mol. The van der Waals surface area contributed by atoms with Crippen molar-refractivity contribution in [2.75, 3.05) is 19.8 Å². The standard InChI is InChI=1S/C13H17F4NO/c1-2-18-12(5-6-19-8-13(16)17)9-3-4-10(14)11(15)7-9/h3-4,7,12-13,18H,2,5-6,8H2,1H3. The van der Waals surface area contributed by atoms with Crippen LogP contribution in [0.15, 0.2) is 18.2 Å². The molecule has 6 heteroatoms. The lowest BCUT2D eigenvalue weighted by Gasteiger charge is -2.18. The molecule has 108 valence electrons. The summed E-state index contributed by atoms with van der Waals surface area (Å²) in [5.74, 6) is -1.83. The number of benzene rings is 1. The van der Waals surface area contributed by atoms with Crippen LogP contribution in [0.5, 0.6) is 0 Å². The molecule has 0 aliphatic rings. The number of ether oxygens (including phenoxy) is 1. The summed E-state index contributed by atoms with van der Waals surface area (Å²) in [5, 5.41) is 3.08. The average Bonchev–Trinajstić information content (AvgIpc) is 2.36. The van der Waals surface area contributed by atoms with Crippen LogP contribution in [0, 0.1) is 11.6 Å². The molecule has 0 fully saturated rings. The van der Waals surface area contributed by atoms with Crippen LogP contribution in [0.3, 0.4) is 0 Å². The summed E-state index contributed by atoms with van der Waals surface area (Å²) >= 11 is 0. The first kappa shape index (κ1) is 15.9. The number of nitrogens with one attached hydrogen (secondary N) is 1. The van der Waals surface area contributed by atoms with E-state index in [0.29, 0.717) is 18.5 Å². The number of rotatable bonds is 8. The van der Waals surface area contributed by atoms with E-state index >= 15 is 0 Å². The van der Waals surface area contributed by atoms with Gasteiger partial charge in [-0.1, -0.05) is 13.0 Å². The van der Waals surface area contributed by atoms with Gasteiger partial charge in [0.05, 0.1) is 0 Å². The van der Waals surface area contributed by atoms with Gasteiger partial charge in [0.2, 0.25) is 0 Å².